The fourth-order valence-corrected chi connectivity index (χ4v) is 1.56. The highest BCUT2D eigenvalue weighted by atomic mass is 19.1. The van der Waals surface area contributed by atoms with Gasteiger partial charge in [0.15, 0.2) is 18.2 Å². The first-order chi connectivity index (χ1) is 8.56. The van der Waals surface area contributed by atoms with E-state index in [-0.39, 0.29) is 37.5 Å². The van der Waals surface area contributed by atoms with Gasteiger partial charge in [-0.3, -0.25) is 4.79 Å². The highest BCUT2D eigenvalue weighted by molar-refractivity contribution is 5.78. The van der Waals surface area contributed by atoms with E-state index in [0.717, 1.165) is 0 Å². The number of carbonyl (C=O) groups is 1. The van der Waals surface area contributed by atoms with Gasteiger partial charge in [-0.05, 0) is 26.0 Å². The molecule has 0 bridgehead atoms. The molecule has 0 aliphatic heterocycles. The van der Waals surface area contributed by atoms with E-state index in [0.29, 0.717) is 0 Å². The zero-order valence-corrected chi connectivity index (χ0v) is 10.6. The van der Waals surface area contributed by atoms with Crippen LogP contribution in [0.15, 0.2) is 24.3 Å². The number of halogens is 1. The topological polar surface area (TPSA) is 49.8 Å². The molecule has 0 saturated heterocycles. The van der Waals surface area contributed by atoms with Crippen molar-refractivity contribution in [2.24, 2.45) is 0 Å². The molecule has 5 heteroatoms. The molecule has 0 saturated carbocycles. The standard InChI is InChI=1S/C13H18FNO3/c1-10(2)15(7-8-16)13(17)9-18-12-6-4-3-5-11(12)14/h3-6,10,16H,7-9H2,1-2H3. The summed E-state index contributed by atoms with van der Waals surface area (Å²) < 4.78 is 18.4. The highest BCUT2D eigenvalue weighted by Crippen LogP contribution is 2.15. The second-order valence-corrected chi connectivity index (χ2v) is 4.12. The van der Waals surface area contributed by atoms with Crippen molar-refractivity contribution in [3.8, 4) is 5.75 Å². The lowest BCUT2D eigenvalue weighted by molar-refractivity contribution is -0.135. The van der Waals surface area contributed by atoms with Crippen molar-refractivity contribution in [2.75, 3.05) is 19.8 Å². The molecule has 100 valence electrons. The Kier molecular flexibility index (Phi) is 5.58. The lowest BCUT2D eigenvalue weighted by atomic mass is 10.3. The van der Waals surface area contributed by atoms with Crippen molar-refractivity contribution < 1.29 is 19.0 Å². The van der Waals surface area contributed by atoms with Crippen molar-refractivity contribution in [1.29, 1.82) is 0 Å². The number of rotatable bonds is 6. The third kappa shape index (κ3) is 4.00. The third-order valence-corrected chi connectivity index (χ3v) is 2.47. The number of ether oxygens (including phenoxy) is 1. The van der Waals surface area contributed by atoms with Gasteiger partial charge in [-0.1, -0.05) is 12.1 Å². The number of carbonyl (C=O) groups excluding carboxylic acids is 1. The summed E-state index contributed by atoms with van der Waals surface area (Å²) in [6.07, 6.45) is 0. The lowest BCUT2D eigenvalue weighted by Gasteiger charge is -2.25. The molecule has 0 aromatic heterocycles. The Morgan fingerprint density at radius 1 is 1.44 bits per heavy atom. The minimum Gasteiger partial charge on any atom is -0.481 e. The van der Waals surface area contributed by atoms with Gasteiger partial charge in [0.25, 0.3) is 5.91 Å². The first kappa shape index (κ1) is 14.4. The molecule has 0 heterocycles. The van der Waals surface area contributed by atoms with E-state index in [1.165, 1.54) is 17.0 Å². The van der Waals surface area contributed by atoms with Gasteiger partial charge in [0.05, 0.1) is 6.61 Å². The van der Waals surface area contributed by atoms with Gasteiger partial charge < -0.3 is 14.7 Å². The van der Waals surface area contributed by atoms with Crippen LogP contribution in [-0.4, -0.2) is 41.7 Å². The van der Waals surface area contributed by atoms with Crippen LogP contribution in [0.1, 0.15) is 13.8 Å². The smallest absolute Gasteiger partial charge is 0.260 e. The van der Waals surface area contributed by atoms with E-state index in [9.17, 15) is 9.18 Å². The van der Waals surface area contributed by atoms with Crippen LogP contribution in [0.25, 0.3) is 0 Å². The molecule has 0 atom stereocenters. The van der Waals surface area contributed by atoms with Gasteiger partial charge in [0.2, 0.25) is 0 Å². The molecule has 0 aliphatic rings. The zero-order valence-electron chi connectivity index (χ0n) is 10.6. The van der Waals surface area contributed by atoms with Gasteiger partial charge in [0.1, 0.15) is 0 Å². The molecule has 18 heavy (non-hydrogen) atoms. The summed E-state index contributed by atoms with van der Waals surface area (Å²) in [6, 6.07) is 5.89. The van der Waals surface area contributed by atoms with E-state index in [1.807, 2.05) is 13.8 Å². The molecule has 1 N–H and O–H groups in total. The molecule has 0 aliphatic carbocycles. The van der Waals surface area contributed by atoms with Crippen molar-refractivity contribution in [3.63, 3.8) is 0 Å². The maximum absolute atomic E-state index is 13.3. The SMILES string of the molecule is CC(C)N(CCO)C(=O)COc1ccccc1F. The maximum Gasteiger partial charge on any atom is 0.260 e. The average molecular weight is 255 g/mol. The normalized spacial score (nSPS) is 10.5. The molecule has 0 unspecified atom stereocenters. The van der Waals surface area contributed by atoms with E-state index in [2.05, 4.69) is 0 Å². The van der Waals surface area contributed by atoms with Crippen molar-refractivity contribution in [2.45, 2.75) is 19.9 Å². The number of benzene rings is 1. The summed E-state index contributed by atoms with van der Waals surface area (Å²) >= 11 is 0. The molecule has 0 spiro atoms. The van der Waals surface area contributed by atoms with Crippen molar-refractivity contribution >= 4 is 5.91 Å². The van der Waals surface area contributed by atoms with Crippen LogP contribution >= 0.6 is 0 Å². The molecule has 1 aromatic carbocycles. The first-order valence-corrected chi connectivity index (χ1v) is 5.84. The van der Waals surface area contributed by atoms with Crippen LogP contribution in [0.3, 0.4) is 0 Å². The quantitative estimate of drug-likeness (QED) is 0.836. The Morgan fingerprint density at radius 2 is 2.11 bits per heavy atom. The molecule has 1 amide bonds. The summed E-state index contributed by atoms with van der Waals surface area (Å²) in [6.45, 7) is 3.59. The van der Waals surface area contributed by atoms with Gasteiger partial charge in [-0.2, -0.15) is 0 Å². The van der Waals surface area contributed by atoms with E-state index in [4.69, 9.17) is 9.84 Å². The van der Waals surface area contributed by atoms with Crippen LogP contribution in [-0.2, 0) is 4.79 Å². The second kappa shape index (κ2) is 6.96. The third-order valence-electron chi connectivity index (χ3n) is 2.47. The van der Waals surface area contributed by atoms with Crippen LogP contribution in [0.4, 0.5) is 4.39 Å². The van der Waals surface area contributed by atoms with Crippen molar-refractivity contribution in [3.05, 3.63) is 30.1 Å². The minimum atomic E-state index is -0.497. The van der Waals surface area contributed by atoms with Crippen LogP contribution in [0, 0.1) is 5.82 Å². The summed E-state index contributed by atoms with van der Waals surface area (Å²) in [4.78, 5) is 13.3. The predicted octanol–water partition coefficient (Wildman–Crippen LogP) is 1.43. The number of aliphatic hydroxyl groups is 1. The van der Waals surface area contributed by atoms with Crippen LogP contribution in [0.5, 0.6) is 5.75 Å². The Morgan fingerprint density at radius 3 is 2.67 bits per heavy atom. The summed E-state index contributed by atoms with van der Waals surface area (Å²) in [5.74, 6) is -0.718. The molecular formula is C13H18FNO3. The Bertz CT molecular complexity index is 396. The molecule has 4 nitrogen and oxygen atoms in total. The number of hydrogen-bond donors (Lipinski definition) is 1. The monoisotopic (exact) mass is 255 g/mol. The molecular weight excluding hydrogens is 237 g/mol. The van der Waals surface area contributed by atoms with Crippen LogP contribution in [0.2, 0.25) is 0 Å². The predicted molar refractivity (Wildman–Crippen MR) is 65.8 cm³/mol. The number of amides is 1. The van der Waals surface area contributed by atoms with Crippen molar-refractivity contribution in [1.82, 2.24) is 4.90 Å². The molecule has 0 fully saturated rings. The first-order valence-electron chi connectivity index (χ1n) is 5.84. The maximum atomic E-state index is 13.3. The highest BCUT2D eigenvalue weighted by Gasteiger charge is 2.17. The van der Waals surface area contributed by atoms with E-state index in [1.54, 1.807) is 12.1 Å². The van der Waals surface area contributed by atoms with Gasteiger partial charge in [-0.25, -0.2) is 4.39 Å². The fourth-order valence-electron chi connectivity index (χ4n) is 1.56. The minimum absolute atomic E-state index is 0.0335. The largest absolute Gasteiger partial charge is 0.481 e. The average Bonchev–Trinajstić information content (AvgIpc) is 2.34. The second-order valence-electron chi connectivity index (χ2n) is 4.12. The zero-order chi connectivity index (χ0) is 13.5. The molecule has 0 radical (unpaired) electrons. The van der Waals surface area contributed by atoms with Gasteiger partial charge in [0, 0.05) is 12.6 Å². The Balaban J connectivity index is 2.57. The Labute approximate surface area is 106 Å². The van der Waals surface area contributed by atoms with Gasteiger partial charge >= 0.3 is 0 Å². The fraction of sp³-hybridized carbons (Fsp3) is 0.462. The lowest BCUT2D eigenvalue weighted by Crippen LogP contribution is -2.41. The number of nitrogens with zero attached hydrogens (tertiary/aromatic N) is 1. The van der Waals surface area contributed by atoms with Gasteiger partial charge in [-0.15, -0.1) is 0 Å². The molecule has 1 aromatic rings. The number of aliphatic hydroxyl groups excluding tert-OH is 1. The number of hydrogen-bond acceptors (Lipinski definition) is 3. The summed E-state index contributed by atoms with van der Waals surface area (Å²) in [7, 11) is 0. The Hall–Kier alpha value is -1.62. The van der Waals surface area contributed by atoms with E-state index >= 15 is 0 Å². The van der Waals surface area contributed by atoms with Crippen LogP contribution < -0.4 is 4.74 Å². The number of para-hydroxylation sites is 1. The summed E-state index contributed by atoms with van der Waals surface area (Å²) in [5, 5.41) is 8.87. The van der Waals surface area contributed by atoms with E-state index < -0.39 is 5.82 Å². The summed E-state index contributed by atoms with van der Waals surface area (Å²) in [5.41, 5.74) is 0. The molecule has 1 rings (SSSR count).